The van der Waals surface area contributed by atoms with Crippen LogP contribution in [0.3, 0.4) is 0 Å². The molecule has 1 saturated carbocycles. The molecule has 0 bridgehead atoms. The molecule has 7 heteroatoms. The summed E-state index contributed by atoms with van der Waals surface area (Å²) in [5.74, 6) is -0.744. The molecule has 2 atom stereocenters. The Kier molecular flexibility index (Phi) is 7.86. The van der Waals surface area contributed by atoms with Gasteiger partial charge in [0, 0.05) is 33.8 Å². The van der Waals surface area contributed by atoms with E-state index in [9.17, 15) is 0 Å². The molecule has 0 radical (unpaired) electrons. The first-order valence-corrected chi connectivity index (χ1v) is 22.5. The van der Waals surface area contributed by atoms with Gasteiger partial charge in [-0.3, -0.25) is 4.98 Å². The van der Waals surface area contributed by atoms with Crippen LogP contribution in [0.4, 0.5) is 8.78 Å². The van der Waals surface area contributed by atoms with E-state index < -0.39 is 39.7 Å². The fourth-order valence-corrected chi connectivity index (χ4v) is 10.3. The highest BCUT2D eigenvalue weighted by Gasteiger charge is 2.53. The van der Waals surface area contributed by atoms with E-state index in [1.807, 2.05) is 19.6 Å². The summed E-state index contributed by atoms with van der Waals surface area (Å²) in [6.07, 6.45) is 5.19. The molecular weight excluding hydrogens is 561 g/mol. The zero-order valence-corrected chi connectivity index (χ0v) is 30.1. The van der Waals surface area contributed by atoms with Crippen LogP contribution in [0.1, 0.15) is 132 Å². The summed E-state index contributed by atoms with van der Waals surface area (Å²) in [6.45, 7) is 26.5. The lowest BCUT2D eigenvalue weighted by Crippen LogP contribution is -2.44. The summed E-state index contributed by atoms with van der Waals surface area (Å²) in [7, 11) is -4.34. The molecule has 1 aliphatic heterocycles. The largest absolute Gasteiger partial charge is 0.559 e. The molecule has 2 heterocycles. The summed E-state index contributed by atoms with van der Waals surface area (Å²) in [5, 5.41) is 0.332. The van der Waals surface area contributed by atoms with E-state index in [1.54, 1.807) is 12.1 Å². The van der Waals surface area contributed by atoms with E-state index in [0.29, 0.717) is 5.56 Å². The van der Waals surface area contributed by atoms with Crippen LogP contribution in [0, 0.1) is 17.0 Å². The van der Waals surface area contributed by atoms with Crippen molar-refractivity contribution in [3.63, 3.8) is 0 Å². The van der Waals surface area contributed by atoms with Crippen molar-refractivity contribution in [3.05, 3.63) is 57.4 Å². The van der Waals surface area contributed by atoms with Crippen molar-refractivity contribution in [2.75, 3.05) is 0 Å². The summed E-state index contributed by atoms with van der Waals surface area (Å²) in [4.78, 5) is 5.43. The normalized spacial score (nSPS) is 23.5. The third-order valence-electron chi connectivity index (χ3n) is 10.5. The zero-order valence-electron chi connectivity index (χ0n) is 28.1. The van der Waals surface area contributed by atoms with Crippen LogP contribution in [0.15, 0.2) is 12.1 Å². The van der Waals surface area contributed by atoms with Gasteiger partial charge in [-0.2, -0.15) is 0 Å². The van der Waals surface area contributed by atoms with Gasteiger partial charge in [0.2, 0.25) is 0 Å². The van der Waals surface area contributed by atoms with Gasteiger partial charge in [0.15, 0.2) is 0 Å². The first-order valence-electron chi connectivity index (χ1n) is 16.1. The Morgan fingerprint density at radius 3 is 2.10 bits per heavy atom. The molecule has 2 aliphatic carbocycles. The SMILES string of the molecule is CC(C)c1nc2c(c3c1C(c1cc(F)c([Si](C)(C)C)c(F)c1)OC31CCCC1)C(O[Si-](C)(C)C(C)(C)C)CC(C)(C)C2. The molecule has 0 saturated heterocycles. The molecule has 0 amide bonds. The Bertz CT molecular complexity index is 1360. The molecule has 42 heavy (non-hydrogen) atoms. The minimum atomic E-state index is -2.21. The van der Waals surface area contributed by atoms with E-state index in [2.05, 4.69) is 61.6 Å². The van der Waals surface area contributed by atoms with Gasteiger partial charge >= 0.3 is 0 Å². The number of halogens is 2. The number of aromatic nitrogens is 1. The van der Waals surface area contributed by atoms with Gasteiger partial charge in [0.25, 0.3) is 0 Å². The van der Waals surface area contributed by atoms with E-state index in [-0.39, 0.29) is 27.7 Å². The molecule has 5 rings (SSSR count). The van der Waals surface area contributed by atoms with Crippen LogP contribution < -0.4 is 5.19 Å². The molecule has 0 N–H and O–H groups in total. The van der Waals surface area contributed by atoms with Crippen LogP contribution in [-0.4, -0.2) is 21.4 Å². The molecular formula is C35H53F2NO2Si2-. The first kappa shape index (κ1) is 32.0. The quantitative estimate of drug-likeness (QED) is 0.315. The van der Waals surface area contributed by atoms with Crippen molar-refractivity contribution >= 4 is 21.6 Å². The Hall–Kier alpha value is -1.42. The second-order valence-electron chi connectivity index (χ2n) is 17.0. The minimum absolute atomic E-state index is 0.0517. The third-order valence-corrected chi connectivity index (χ3v) is 16.9. The number of benzene rings is 1. The molecule has 233 valence electrons. The van der Waals surface area contributed by atoms with Gasteiger partial charge in [-0.25, -0.2) is 8.78 Å². The van der Waals surface area contributed by atoms with Crippen molar-refractivity contribution in [3.8, 4) is 0 Å². The molecule has 2 aromatic rings. The standard InChI is InChI=1S/C35H53F2NO2Si2/c1-21(2)30-28-29(27-25(38-30)19-34(6,7)20-26(27)40-42(11,12)33(3,4)5)35(15-13-14-16-35)39-31(28)22-17-23(36)32(24(37)18-22)41(8,9)10/h17-18,21,26,31H,13-16,19-20H2,1-12H3/q-1. The Balaban J connectivity index is 1.79. The smallest absolute Gasteiger partial charge is 0.125 e. The van der Waals surface area contributed by atoms with Crippen molar-refractivity contribution in [2.24, 2.45) is 5.41 Å². The average molecular weight is 614 g/mol. The van der Waals surface area contributed by atoms with Crippen LogP contribution in [0.25, 0.3) is 0 Å². The third kappa shape index (κ3) is 5.39. The zero-order chi connectivity index (χ0) is 31.2. The van der Waals surface area contributed by atoms with Gasteiger partial charge in [-0.05, 0) is 68.6 Å². The van der Waals surface area contributed by atoms with Crippen LogP contribution in [-0.2, 0) is 21.2 Å². The monoisotopic (exact) mass is 613 g/mol. The molecule has 1 fully saturated rings. The molecule has 1 aromatic heterocycles. The van der Waals surface area contributed by atoms with Crippen molar-refractivity contribution < 1.29 is 17.9 Å². The van der Waals surface area contributed by atoms with Crippen LogP contribution in [0.2, 0.25) is 37.8 Å². The molecule has 1 aromatic carbocycles. The maximum atomic E-state index is 15.7. The van der Waals surface area contributed by atoms with E-state index in [4.69, 9.17) is 14.1 Å². The molecule has 2 unspecified atom stereocenters. The van der Waals surface area contributed by atoms with E-state index in [1.165, 1.54) is 11.1 Å². The van der Waals surface area contributed by atoms with Crippen molar-refractivity contribution in [1.29, 1.82) is 0 Å². The predicted molar refractivity (Wildman–Crippen MR) is 174 cm³/mol. The van der Waals surface area contributed by atoms with Gasteiger partial charge in [0.05, 0.1) is 13.7 Å². The number of ether oxygens (including phenoxy) is 1. The summed E-state index contributed by atoms with van der Waals surface area (Å²) < 4.78 is 45.8. The maximum absolute atomic E-state index is 15.7. The van der Waals surface area contributed by atoms with Gasteiger partial charge < -0.3 is 9.16 Å². The number of nitrogens with zero attached hydrogens (tertiary/aromatic N) is 1. The number of hydrogen-bond acceptors (Lipinski definition) is 3. The lowest BCUT2D eigenvalue weighted by atomic mass is 9.70. The number of pyridine rings is 1. The predicted octanol–water partition coefficient (Wildman–Crippen LogP) is 9.95. The second kappa shape index (κ2) is 10.3. The first-order chi connectivity index (χ1) is 19.2. The van der Waals surface area contributed by atoms with Gasteiger partial charge in [-0.1, -0.05) is 80.9 Å². The Morgan fingerprint density at radius 2 is 1.60 bits per heavy atom. The van der Waals surface area contributed by atoms with Crippen LogP contribution in [0.5, 0.6) is 0 Å². The second-order valence-corrected chi connectivity index (χ2v) is 26.8. The number of fused-ring (bicyclic) bond motifs is 4. The lowest BCUT2D eigenvalue weighted by Gasteiger charge is -2.53. The number of rotatable bonds is 5. The fourth-order valence-electron chi connectivity index (χ4n) is 7.48. The molecule has 1 spiro atoms. The van der Waals surface area contributed by atoms with E-state index >= 15 is 8.78 Å². The summed E-state index contributed by atoms with van der Waals surface area (Å²) in [5.41, 5.74) is 5.81. The molecule has 3 nitrogen and oxygen atoms in total. The summed E-state index contributed by atoms with van der Waals surface area (Å²) in [6, 6.07) is 3.10. The highest BCUT2D eigenvalue weighted by atomic mass is 28.4. The summed E-state index contributed by atoms with van der Waals surface area (Å²) >= 11 is 0. The highest BCUT2D eigenvalue weighted by molar-refractivity contribution is 6.88. The van der Waals surface area contributed by atoms with Crippen molar-refractivity contribution in [2.45, 2.75) is 148 Å². The maximum Gasteiger partial charge on any atom is 0.125 e. The van der Waals surface area contributed by atoms with Crippen LogP contribution >= 0.6 is 0 Å². The van der Waals surface area contributed by atoms with Crippen molar-refractivity contribution in [1.82, 2.24) is 4.98 Å². The number of hydrogen-bond donors (Lipinski definition) is 0. The van der Waals surface area contributed by atoms with Gasteiger partial charge in [-0.15, -0.1) is 18.1 Å². The average Bonchev–Trinajstić information content (AvgIpc) is 3.40. The highest BCUT2D eigenvalue weighted by Crippen LogP contribution is 2.60. The topological polar surface area (TPSA) is 31.4 Å². The van der Waals surface area contributed by atoms with E-state index in [0.717, 1.165) is 55.5 Å². The molecule has 3 aliphatic rings. The minimum Gasteiger partial charge on any atom is -0.559 e. The Morgan fingerprint density at radius 1 is 1.02 bits per heavy atom. The Labute approximate surface area is 255 Å². The lowest BCUT2D eigenvalue weighted by molar-refractivity contribution is -0.0580. The fraction of sp³-hybridized carbons (Fsp3) is 0.686. The van der Waals surface area contributed by atoms with Gasteiger partial charge in [0.1, 0.15) is 17.7 Å².